The number of hydrogen-bond acceptors (Lipinski definition) is 9. The molecule has 0 saturated heterocycles. The minimum Gasteiger partial charge on any atom is -0.368 e. The fourth-order valence-electron chi connectivity index (χ4n) is 3.76. The molecule has 2 aliphatic rings. The van der Waals surface area contributed by atoms with Crippen LogP contribution in [0.25, 0.3) is 11.2 Å². The first-order valence-corrected chi connectivity index (χ1v) is 11.0. The van der Waals surface area contributed by atoms with Crippen molar-refractivity contribution >= 4 is 28.7 Å². The molecule has 3 aromatic heterocycles. The average Bonchev–Trinajstić information content (AvgIpc) is 3.11. The van der Waals surface area contributed by atoms with E-state index in [-0.39, 0.29) is 6.04 Å². The molecular formula is C17H24N10S. The highest BCUT2D eigenvalue weighted by molar-refractivity contribution is 7.99. The summed E-state index contributed by atoms with van der Waals surface area (Å²) in [4.78, 5) is 9.53. The molecule has 2 fully saturated rings. The Bertz CT molecular complexity index is 935. The number of aromatic amines is 1. The van der Waals surface area contributed by atoms with E-state index in [1.807, 2.05) is 4.68 Å². The number of nitrogens with one attached hydrogen (secondary N) is 2. The number of aromatic nitrogens is 9. The van der Waals surface area contributed by atoms with Gasteiger partial charge in [0.15, 0.2) is 28.0 Å². The van der Waals surface area contributed by atoms with E-state index in [1.165, 1.54) is 12.8 Å². The number of rotatable bonds is 8. The Morgan fingerprint density at radius 1 is 1.18 bits per heavy atom. The first-order valence-electron chi connectivity index (χ1n) is 10.0. The van der Waals surface area contributed by atoms with Gasteiger partial charge >= 0.3 is 0 Å². The molecule has 0 aliphatic heterocycles. The van der Waals surface area contributed by atoms with Gasteiger partial charge in [0.25, 0.3) is 0 Å². The molecule has 2 aliphatic carbocycles. The summed E-state index contributed by atoms with van der Waals surface area (Å²) >= 11 is 1.69. The zero-order valence-electron chi connectivity index (χ0n) is 15.9. The SMILES string of the molecule is CCCSc1nc(NCC2CC2)c2nnn([C@@H]3CC[C@@H](c4nn[nH]n4)C3)c2n1. The van der Waals surface area contributed by atoms with Crippen LogP contribution in [-0.2, 0) is 0 Å². The number of tetrazole rings is 1. The van der Waals surface area contributed by atoms with Crippen molar-refractivity contribution in [1.82, 2.24) is 45.6 Å². The summed E-state index contributed by atoms with van der Waals surface area (Å²) in [6, 6.07) is 0.240. The molecule has 11 heteroatoms. The Morgan fingerprint density at radius 3 is 2.89 bits per heavy atom. The largest absolute Gasteiger partial charge is 0.368 e. The maximum absolute atomic E-state index is 4.81. The second-order valence-corrected chi connectivity index (χ2v) is 8.73. The highest BCUT2D eigenvalue weighted by Crippen LogP contribution is 2.40. The zero-order valence-corrected chi connectivity index (χ0v) is 16.7. The summed E-state index contributed by atoms with van der Waals surface area (Å²) in [5.41, 5.74) is 1.59. The van der Waals surface area contributed by atoms with Crippen LogP contribution >= 0.6 is 11.8 Å². The molecule has 5 rings (SSSR count). The van der Waals surface area contributed by atoms with Gasteiger partial charge in [-0.05, 0) is 44.4 Å². The first kappa shape index (κ1) is 17.8. The molecular weight excluding hydrogens is 376 g/mol. The maximum Gasteiger partial charge on any atom is 0.191 e. The van der Waals surface area contributed by atoms with Crippen molar-refractivity contribution in [3.8, 4) is 0 Å². The standard InChI is InChI=1S/C17H24N10S/c1-2-7-28-17-19-15(18-9-10-3-4-10)13-16(20-17)27(26-21-13)12-6-5-11(8-12)14-22-24-25-23-14/h10-12H,2-9H2,1H3,(H,18,19,20)(H,22,23,24,25)/t11-,12-/m1/s1. The molecule has 0 bridgehead atoms. The number of anilines is 1. The molecule has 28 heavy (non-hydrogen) atoms. The smallest absolute Gasteiger partial charge is 0.191 e. The second kappa shape index (κ2) is 7.61. The van der Waals surface area contributed by atoms with Crippen LogP contribution in [0.1, 0.15) is 63.2 Å². The molecule has 2 N–H and O–H groups in total. The van der Waals surface area contributed by atoms with Crippen molar-refractivity contribution in [2.24, 2.45) is 5.92 Å². The van der Waals surface area contributed by atoms with Crippen LogP contribution in [0.3, 0.4) is 0 Å². The molecule has 2 saturated carbocycles. The second-order valence-electron chi connectivity index (χ2n) is 7.67. The number of thioether (sulfide) groups is 1. The van der Waals surface area contributed by atoms with Gasteiger partial charge in [0.05, 0.1) is 6.04 Å². The van der Waals surface area contributed by atoms with E-state index in [9.17, 15) is 0 Å². The summed E-state index contributed by atoms with van der Waals surface area (Å²) in [5.74, 6) is 3.66. The number of nitrogens with zero attached hydrogens (tertiary/aromatic N) is 8. The predicted molar refractivity (Wildman–Crippen MR) is 105 cm³/mol. The molecule has 0 unspecified atom stereocenters. The Hall–Kier alpha value is -2.30. The molecule has 148 valence electrons. The number of hydrogen-bond donors (Lipinski definition) is 2. The van der Waals surface area contributed by atoms with Gasteiger partial charge in [-0.2, -0.15) is 5.21 Å². The highest BCUT2D eigenvalue weighted by atomic mass is 32.2. The quantitative estimate of drug-likeness (QED) is 0.433. The van der Waals surface area contributed by atoms with Gasteiger partial charge in [-0.1, -0.05) is 29.1 Å². The van der Waals surface area contributed by atoms with Gasteiger partial charge in [0, 0.05) is 18.2 Å². The van der Waals surface area contributed by atoms with Crippen LogP contribution in [-0.4, -0.2) is 57.9 Å². The molecule has 3 aromatic rings. The van der Waals surface area contributed by atoms with Gasteiger partial charge in [0.1, 0.15) is 0 Å². The Morgan fingerprint density at radius 2 is 2.11 bits per heavy atom. The third-order valence-corrected chi connectivity index (χ3v) is 6.52. The molecule has 0 spiro atoms. The van der Waals surface area contributed by atoms with Gasteiger partial charge in [0.2, 0.25) is 0 Å². The Balaban J connectivity index is 1.44. The van der Waals surface area contributed by atoms with Crippen molar-refractivity contribution < 1.29 is 0 Å². The van der Waals surface area contributed by atoms with E-state index in [0.29, 0.717) is 5.92 Å². The van der Waals surface area contributed by atoms with Crippen LogP contribution in [0.4, 0.5) is 5.82 Å². The Kier molecular flexibility index (Phi) is 4.83. The van der Waals surface area contributed by atoms with Crippen LogP contribution in [0, 0.1) is 5.92 Å². The van der Waals surface area contributed by atoms with Crippen molar-refractivity contribution in [3.05, 3.63) is 5.82 Å². The lowest BCUT2D eigenvalue weighted by atomic mass is 10.1. The van der Waals surface area contributed by atoms with Crippen LogP contribution < -0.4 is 5.32 Å². The van der Waals surface area contributed by atoms with E-state index in [2.05, 4.69) is 43.2 Å². The lowest BCUT2D eigenvalue weighted by Crippen LogP contribution is -2.10. The normalized spacial score (nSPS) is 22.2. The molecule has 0 radical (unpaired) electrons. The van der Waals surface area contributed by atoms with Crippen LogP contribution in [0.5, 0.6) is 0 Å². The van der Waals surface area contributed by atoms with Crippen LogP contribution in [0.15, 0.2) is 5.16 Å². The monoisotopic (exact) mass is 400 g/mol. The van der Waals surface area contributed by atoms with Gasteiger partial charge in [-0.3, -0.25) is 0 Å². The molecule has 0 aromatic carbocycles. The summed E-state index contributed by atoms with van der Waals surface area (Å²) in [6.07, 6.45) is 6.62. The minimum absolute atomic E-state index is 0.240. The van der Waals surface area contributed by atoms with Crippen molar-refractivity contribution in [2.45, 2.75) is 62.6 Å². The van der Waals surface area contributed by atoms with Crippen molar-refractivity contribution in [3.63, 3.8) is 0 Å². The fraction of sp³-hybridized carbons (Fsp3) is 0.706. The fourth-order valence-corrected chi connectivity index (χ4v) is 4.45. The van der Waals surface area contributed by atoms with Gasteiger partial charge in [-0.25, -0.2) is 14.6 Å². The lowest BCUT2D eigenvalue weighted by Gasteiger charge is -2.12. The molecule has 10 nitrogen and oxygen atoms in total. The van der Waals surface area contributed by atoms with Gasteiger partial charge < -0.3 is 5.32 Å². The molecule has 3 heterocycles. The average molecular weight is 401 g/mol. The topological polar surface area (TPSA) is 123 Å². The molecule has 0 amide bonds. The highest BCUT2D eigenvalue weighted by Gasteiger charge is 2.32. The summed E-state index contributed by atoms with van der Waals surface area (Å²) in [5, 5.41) is 27.7. The summed E-state index contributed by atoms with van der Waals surface area (Å²) in [7, 11) is 0. The number of fused-ring (bicyclic) bond motifs is 1. The lowest BCUT2D eigenvalue weighted by molar-refractivity contribution is 0.456. The number of H-pyrrole nitrogens is 1. The van der Waals surface area contributed by atoms with Crippen molar-refractivity contribution in [1.29, 1.82) is 0 Å². The maximum atomic E-state index is 4.81. The van der Waals surface area contributed by atoms with Crippen molar-refractivity contribution in [2.75, 3.05) is 17.6 Å². The van der Waals surface area contributed by atoms with E-state index in [1.54, 1.807) is 11.8 Å². The molecule has 2 atom stereocenters. The van der Waals surface area contributed by atoms with Crippen LogP contribution in [0.2, 0.25) is 0 Å². The Labute approximate surface area is 166 Å². The minimum atomic E-state index is 0.240. The summed E-state index contributed by atoms with van der Waals surface area (Å²) in [6.45, 7) is 3.11. The predicted octanol–water partition coefficient (Wildman–Crippen LogP) is 2.57. The summed E-state index contributed by atoms with van der Waals surface area (Å²) < 4.78 is 1.98. The van der Waals surface area contributed by atoms with E-state index in [4.69, 9.17) is 9.97 Å². The van der Waals surface area contributed by atoms with E-state index < -0.39 is 0 Å². The van der Waals surface area contributed by atoms with E-state index >= 15 is 0 Å². The third-order valence-electron chi connectivity index (χ3n) is 5.47. The zero-order chi connectivity index (χ0) is 18.9. The first-order chi connectivity index (χ1) is 13.8. The van der Waals surface area contributed by atoms with Gasteiger partial charge in [-0.15, -0.1) is 15.3 Å². The third kappa shape index (κ3) is 3.54. The van der Waals surface area contributed by atoms with E-state index in [0.717, 1.165) is 71.9 Å².